The van der Waals surface area contributed by atoms with E-state index in [9.17, 15) is 4.79 Å². The van der Waals surface area contributed by atoms with E-state index in [2.05, 4.69) is 9.97 Å². The van der Waals surface area contributed by atoms with Crippen LogP contribution < -0.4 is 5.56 Å². The fourth-order valence-electron chi connectivity index (χ4n) is 0.581. The summed E-state index contributed by atoms with van der Waals surface area (Å²) in [5.74, 6) is 0. The number of nitrogens with zero attached hydrogens (tertiary/aromatic N) is 1. The monoisotopic (exact) mass is 140 g/mol. The normalized spacial score (nSPS) is 13.0. The van der Waals surface area contributed by atoms with E-state index in [0.717, 1.165) is 6.20 Å². The van der Waals surface area contributed by atoms with E-state index in [0.29, 0.717) is 5.69 Å². The molecule has 0 aliphatic carbocycles. The Morgan fingerprint density at radius 1 is 1.80 bits per heavy atom. The summed E-state index contributed by atoms with van der Waals surface area (Å²) in [4.78, 5) is 16.5. The molecule has 1 aromatic heterocycles. The topological polar surface area (TPSA) is 66.0 Å². The van der Waals surface area contributed by atoms with Gasteiger partial charge in [0.05, 0.1) is 18.0 Å². The molecule has 0 fully saturated rings. The molecule has 4 heteroatoms. The van der Waals surface area contributed by atoms with Crippen molar-refractivity contribution in [2.45, 2.75) is 13.0 Å². The molecule has 1 atom stereocenters. The van der Waals surface area contributed by atoms with Crippen molar-refractivity contribution in [1.29, 1.82) is 0 Å². The van der Waals surface area contributed by atoms with Gasteiger partial charge in [0.2, 0.25) is 0 Å². The van der Waals surface area contributed by atoms with E-state index in [1.807, 2.05) is 0 Å². The summed E-state index contributed by atoms with van der Waals surface area (Å²) in [5.41, 5.74) is 0.212. The number of aromatic amines is 1. The molecule has 0 saturated heterocycles. The molecule has 54 valence electrons. The third kappa shape index (κ3) is 1.41. The number of H-pyrrole nitrogens is 1. The van der Waals surface area contributed by atoms with E-state index in [4.69, 9.17) is 5.11 Å². The van der Waals surface area contributed by atoms with Gasteiger partial charge in [-0.05, 0) is 6.92 Å². The Morgan fingerprint density at radius 2 is 2.50 bits per heavy atom. The molecule has 10 heavy (non-hydrogen) atoms. The fraction of sp³-hybridized carbons (Fsp3) is 0.333. The maximum Gasteiger partial charge on any atom is 0.266 e. The van der Waals surface area contributed by atoms with Gasteiger partial charge in [0.25, 0.3) is 5.56 Å². The number of aliphatic hydroxyl groups excluding tert-OH is 1. The minimum Gasteiger partial charge on any atom is -0.387 e. The highest BCUT2D eigenvalue weighted by atomic mass is 16.3. The molecule has 1 aromatic rings. The average molecular weight is 140 g/mol. The molecule has 0 bridgehead atoms. The highest BCUT2D eigenvalue weighted by Gasteiger charge is 1.99. The smallest absolute Gasteiger partial charge is 0.266 e. The second-order valence-electron chi connectivity index (χ2n) is 2.01. The summed E-state index contributed by atoms with van der Waals surface area (Å²) in [6, 6.07) is 0. The van der Waals surface area contributed by atoms with Crippen LogP contribution in [0.2, 0.25) is 0 Å². The largest absolute Gasteiger partial charge is 0.387 e. The predicted molar refractivity (Wildman–Crippen MR) is 35.5 cm³/mol. The standard InChI is InChI=1S/C6H8N2O2/c1-4(9)5-2-8-6(10)3-7-5/h2-4,9H,1H3,(H,8,10). The number of hydrogen-bond acceptors (Lipinski definition) is 3. The van der Waals surface area contributed by atoms with Crippen molar-refractivity contribution >= 4 is 0 Å². The molecule has 2 N–H and O–H groups in total. The van der Waals surface area contributed by atoms with Crippen LogP contribution in [0, 0.1) is 0 Å². The van der Waals surface area contributed by atoms with Gasteiger partial charge in [-0.1, -0.05) is 0 Å². The predicted octanol–water partition coefficient (Wildman–Crippen LogP) is -0.177. The molecular formula is C6H8N2O2. The summed E-state index contributed by atoms with van der Waals surface area (Å²) >= 11 is 0. The number of rotatable bonds is 1. The van der Waals surface area contributed by atoms with Crippen LogP contribution in [0.25, 0.3) is 0 Å². The lowest BCUT2D eigenvalue weighted by molar-refractivity contribution is 0.193. The van der Waals surface area contributed by atoms with Crippen LogP contribution in [0.3, 0.4) is 0 Å². The lowest BCUT2D eigenvalue weighted by atomic mass is 10.3. The first kappa shape index (κ1) is 6.95. The second-order valence-corrected chi connectivity index (χ2v) is 2.01. The zero-order chi connectivity index (χ0) is 7.56. The quantitative estimate of drug-likeness (QED) is 0.568. The van der Waals surface area contributed by atoms with Gasteiger partial charge in [-0.2, -0.15) is 0 Å². The van der Waals surface area contributed by atoms with Gasteiger partial charge in [-0.25, -0.2) is 0 Å². The Labute approximate surface area is 57.6 Å². The van der Waals surface area contributed by atoms with Gasteiger partial charge in [0, 0.05) is 6.20 Å². The first-order valence-corrected chi connectivity index (χ1v) is 2.93. The van der Waals surface area contributed by atoms with Gasteiger partial charge in [-0.15, -0.1) is 0 Å². The average Bonchev–Trinajstić information content (AvgIpc) is 1.88. The maximum absolute atomic E-state index is 10.4. The molecule has 0 aromatic carbocycles. The molecule has 0 amide bonds. The van der Waals surface area contributed by atoms with Crippen LogP contribution in [0.4, 0.5) is 0 Å². The highest BCUT2D eigenvalue weighted by Crippen LogP contribution is 2.02. The zero-order valence-electron chi connectivity index (χ0n) is 5.53. The van der Waals surface area contributed by atoms with Crippen LogP contribution in [0.15, 0.2) is 17.2 Å². The molecule has 0 radical (unpaired) electrons. The molecule has 4 nitrogen and oxygen atoms in total. The lowest BCUT2D eigenvalue weighted by Crippen LogP contribution is -2.07. The maximum atomic E-state index is 10.4. The number of hydrogen-bond donors (Lipinski definition) is 2. The lowest BCUT2D eigenvalue weighted by Gasteiger charge is -1.99. The highest BCUT2D eigenvalue weighted by molar-refractivity contribution is 4.97. The third-order valence-corrected chi connectivity index (χ3v) is 1.12. The van der Waals surface area contributed by atoms with Crippen LogP contribution >= 0.6 is 0 Å². The van der Waals surface area contributed by atoms with E-state index in [-0.39, 0.29) is 5.56 Å². The third-order valence-electron chi connectivity index (χ3n) is 1.12. The Morgan fingerprint density at radius 3 is 2.90 bits per heavy atom. The first-order valence-electron chi connectivity index (χ1n) is 2.93. The van der Waals surface area contributed by atoms with E-state index in [1.165, 1.54) is 6.20 Å². The van der Waals surface area contributed by atoms with Gasteiger partial charge >= 0.3 is 0 Å². The van der Waals surface area contributed by atoms with Crippen molar-refractivity contribution in [2.75, 3.05) is 0 Å². The minimum absolute atomic E-state index is 0.260. The molecular weight excluding hydrogens is 132 g/mol. The van der Waals surface area contributed by atoms with E-state index in [1.54, 1.807) is 6.92 Å². The van der Waals surface area contributed by atoms with Crippen molar-refractivity contribution in [2.24, 2.45) is 0 Å². The van der Waals surface area contributed by atoms with Crippen molar-refractivity contribution in [3.05, 3.63) is 28.4 Å². The van der Waals surface area contributed by atoms with E-state index >= 15 is 0 Å². The second kappa shape index (κ2) is 2.62. The van der Waals surface area contributed by atoms with E-state index < -0.39 is 6.10 Å². The fourth-order valence-corrected chi connectivity index (χ4v) is 0.581. The summed E-state index contributed by atoms with van der Waals surface area (Å²) < 4.78 is 0. The van der Waals surface area contributed by atoms with Crippen molar-refractivity contribution < 1.29 is 5.11 Å². The van der Waals surface area contributed by atoms with Gasteiger partial charge < -0.3 is 10.1 Å². The summed E-state index contributed by atoms with van der Waals surface area (Å²) in [5, 5.41) is 8.93. The molecule has 1 unspecified atom stereocenters. The molecule has 0 spiro atoms. The minimum atomic E-state index is -0.628. The van der Waals surface area contributed by atoms with Crippen molar-refractivity contribution in [3.8, 4) is 0 Å². The SMILES string of the molecule is CC(O)c1c[nH]c(=O)cn1. The van der Waals surface area contributed by atoms with Crippen LogP contribution in [-0.4, -0.2) is 15.1 Å². The van der Waals surface area contributed by atoms with Gasteiger partial charge in [0.15, 0.2) is 0 Å². The Balaban J connectivity index is 3.00. The van der Waals surface area contributed by atoms with Crippen LogP contribution in [0.1, 0.15) is 18.7 Å². The number of aliphatic hydroxyl groups is 1. The molecule has 0 aliphatic rings. The summed E-state index contributed by atoms with van der Waals surface area (Å²) in [7, 11) is 0. The van der Waals surface area contributed by atoms with Crippen molar-refractivity contribution in [1.82, 2.24) is 9.97 Å². The first-order chi connectivity index (χ1) is 4.70. The Hall–Kier alpha value is -1.16. The van der Waals surface area contributed by atoms with Gasteiger partial charge in [0.1, 0.15) is 0 Å². The van der Waals surface area contributed by atoms with Gasteiger partial charge in [-0.3, -0.25) is 9.78 Å². The van der Waals surface area contributed by atoms with Crippen LogP contribution in [0.5, 0.6) is 0 Å². The molecule has 0 saturated carbocycles. The Kier molecular flexibility index (Phi) is 1.82. The Bertz CT molecular complexity index is 246. The van der Waals surface area contributed by atoms with Crippen LogP contribution in [-0.2, 0) is 0 Å². The van der Waals surface area contributed by atoms with Crippen molar-refractivity contribution in [3.63, 3.8) is 0 Å². The zero-order valence-corrected chi connectivity index (χ0v) is 5.53. The summed E-state index contributed by atoms with van der Waals surface area (Å²) in [6.45, 7) is 1.58. The molecule has 1 rings (SSSR count). The number of nitrogens with one attached hydrogen (secondary N) is 1. The number of aromatic nitrogens is 2. The molecule has 0 aliphatic heterocycles. The summed E-state index contributed by atoms with van der Waals surface area (Å²) in [6.07, 6.45) is 1.91. The molecule has 1 heterocycles.